The molecule has 2 amide bonds. The lowest BCUT2D eigenvalue weighted by molar-refractivity contribution is -0.145. The number of hydrogen-bond acceptors (Lipinski definition) is 5. The highest BCUT2D eigenvalue weighted by molar-refractivity contribution is 6.14. The largest absolute Gasteiger partial charge is 0.457 e. The Morgan fingerprint density at radius 1 is 0.917 bits per heavy atom. The molecule has 7 heteroatoms. The van der Waals surface area contributed by atoms with E-state index in [-0.39, 0.29) is 42.4 Å². The van der Waals surface area contributed by atoms with Crippen LogP contribution in [0, 0.1) is 11.8 Å². The summed E-state index contributed by atoms with van der Waals surface area (Å²) in [6.45, 7) is 2.31. The SMILES string of the molecule is CCn1c(-c2ccccc2)c(C(=O)COC(=O)CCN2C(=O)[C@@H]3CCCC[C@H]3C2=O)c2ccccc21. The molecular weight excluding hydrogens is 456 g/mol. The van der Waals surface area contributed by atoms with Gasteiger partial charge in [0.1, 0.15) is 0 Å². The fourth-order valence-electron chi connectivity index (χ4n) is 5.76. The first-order valence-corrected chi connectivity index (χ1v) is 12.7. The summed E-state index contributed by atoms with van der Waals surface area (Å²) >= 11 is 0. The normalized spacial score (nSPS) is 19.5. The van der Waals surface area contributed by atoms with Gasteiger partial charge in [-0.1, -0.05) is 61.4 Å². The van der Waals surface area contributed by atoms with E-state index < -0.39 is 12.6 Å². The number of hydrogen-bond donors (Lipinski definition) is 0. The van der Waals surface area contributed by atoms with Crippen LogP contribution in [-0.2, 0) is 25.7 Å². The molecule has 5 rings (SSSR count). The number of Topliss-reactive ketones (excluding diaryl/α,β-unsaturated/α-hetero) is 1. The Labute approximate surface area is 210 Å². The summed E-state index contributed by atoms with van der Waals surface area (Å²) in [7, 11) is 0. The van der Waals surface area contributed by atoms with Crippen LogP contribution in [0.25, 0.3) is 22.2 Å². The highest BCUT2D eigenvalue weighted by atomic mass is 16.5. The number of fused-ring (bicyclic) bond motifs is 2. The molecule has 1 aliphatic carbocycles. The van der Waals surface area contributed by atoms with E-state index >= 15 is 0 Å². The first-order chi connectivity index (χ1) is 17.5. The van der Waals surface area contributed by atoms with Gasteiger partial charge < -0.3 is 9.30 Å². The van der Waals surface area contributed by atoms with Crippen LogP contribution < -0.4 is 0 Å². The number of ketones is 1. The molecule has 3 aromatic rings. The van der Waals surface area contributed by atoms with Gasteiger partial charge in [-0.25, -0.2) is 0 Å². The molecule has 0 bridgehead atoms. The number of ether oxygens (including phenoxy) is 1. The lowest BCUT2D eigenvalue weighted by atomic mass is 9.81. The standard InChI is InChI=1S/C29H30N2O5/c1-2-30-23-15-9-8-14-22(23)26(27(30)19-10-4-3-5-11-19)24(32)18-36-25(33)16-17-31-28(34)20-12-6-7-13-21(20)29(31)35/h3-5,8-11,14-15,20-21H,2,6-7,12-13,16-18H2,1H3/t20-,21-/m1/s1. The minimum Gasteiger partial charge on any atom is -0.457 e. The summed E-state index contributed by atoms with van der Waals surface area (Å²) in [5, 5.41) is 0.815. The summed E-state index contributed by atoms with van der Waals surface area (Å²) in [6, 6.07) is 17.4. The van der Waals surface area contributed by atoms with E-state index in [1.807, 2.05) is 61.5 Å². The van der Waals surface area contributed by atoms with Gasteiger partial charge in [0, 0.05) is 24.0 Å². The second-order valence-electron chi connectivity index (χ2n) is 9.51. The molecule has 0 spiro atoms. The fourth-order valence-corrected chi connectivity index (χ4v) is 5.76. The van der Waals surface area contributed by atoms with Crippen molar-refractivity contribution in [2.45, 2.75) is 45.6 Å². The van der Waals surface area contributed by atoms with Gasteiger partial charge in [0.25, 0.3) is 0 Å². The molecule has 1 aliphatic heterocycles. The van der Waals surface area contributed by atoms with Crippen molar-refractivity contribution in [2.24, 2.45) is 11.8 Å². The number of aryl methyl sites for hydroxylation is 1. The van der Waals surface area contributed by atoms with Gasteiger partial charge >= 0.3 is 5.97 Å². The molecule has 186 valence electrons. The number of nitrogens with zero attached hydrogens (tertiary/aromatic N) is 2. The van der Waals surface area contributed by atoms with Crippen LogP contribution in [-0.4, -0.2) is 46.2 Å². The van der Waals surface area contributed by atoms with Crippen LogP contribution in [0.15, 0.2) is 54.6 Å². The third kappa shape index (κ3) is 4.23. The number of imide groups is 1. The average Bonchev–Trinajstić information content (AvgIpc) is 3.38. The van der Waals surface area contributed by atoms with E-state index in [1.165, 1.54) is 4.90 Å². The van der Waals surface area contributed by atoms with Crippen LogP contribution in [0.2, 0.25) is 0 Å². The molecular formula is C29H30N2O5. The van der Waals surface area contributed by atoms with Crippen LogP contribution in [0.5, 0.6) is 0 Å². The van der Waals surface area contributed by atoms with E-state index in [9.17, 15) is 19.2 Å². The molecule has 2 aromatic carbocycles. The fraction of sp³-hybridized carbons (Fsp3) is 0.379. The molecule has 0 unspecified atom stereocenters. The molecule has 2 heterocycles. The van der Waals surface area contributed by atoms with Crippen molar-refractivity contribution in [2.75, 3.05) is 13.2 Å². The molecule has 36 heavy (non-hydrogen) atoms. The predicted molar refractivity (Wildman–Crippen MR) is 135 cm³/mol. The van der Waals surface area contributed by atoms with E-state index in [0.717, 1.165) is 47.8 Å². The zero-order valence-corrected chi connectivity index (χ0v) is 20.4. The molecule has 2 fully saturated rings. The Kier molecular flexibility index (Phi) is 6.72. The predicted octanol–water partition coefficient (Wildman–Crippen LogP) is 4.62. The first-order valence-electron chi connectivity index (χ1n) is 12.7. The minimum absolute atomic E-state index is 0.00208. The van der Waals surface area contributed by atoms with Gasteiger partial charge in [0.2, 0.25) is 17.6 Å². The molecule has 0 radical (unpaired) electrons. The van der Waals surface area contributed by atoms with Gasteiger partial charge in [0.05, 0.1) is 29.5 Å². The summed E-state index contributed by atoms with van der Waals surface area (Å²) in [6.07, 6.45) is 3.27. The zero-order valence-electron chi connectivity index (χ0n) is 20.4. The summed E-state index contributed by atoms with van der Waals surface area (Å²) < 4.78 is 7.44. The van der Waals surface area contributed by atoms with Crippen molar-refractivity contribution in [3.8, 4) is 11.3 Å². The van der Waals surface area contributed by atoms with Gasteiger partial charge in [-0.05, 0) is 31.4 Å². The molecule has 2 atom stereocenters. The average molecular weight is 487 g/mol. The summed E-state index contributed by atoms with van der Waals surface area (Å²) in [5.41, 5.74) is 3.19. The molecule has 1 saturated heterocycles. The third-order valence-corrected chi connectivity index (χ3v) is 7.45. The number of carbonyl (C=O) groups is 4. The topological polar surface area (TPSA) is 85.7 Å². The Morgan fingerprint density at radius 3 is 2.22 bits per heavy atom. The van der Waals surface area contributed by atoms with E-state index in [4.69, 9.17) is 4.74 Å². The lowest BCUT2D eigenvalue weighted by Gasteiger charge is -2.19. The Hall–Kier alpha value is -3.74. The number of aromatic nitrogens is 1. The highest BCUT2D eigenvalue weighted by Crippen LogP contribution is 2.38. The number of para-hydroxylation sites is 1. The molecule has 1 aromatic heterocycles. The minimum atomic E-state index is -0.598. The smallest absolute Gasteiger partial charge is 0.308 e. The van der Waals surface area contributed by atoms with Crippen LogP contribution >= 0.6 is 0 Å². The number of amides is 2. The lowest BCUT2D eigenvalue weighted by Crippen LogP contribution is -2.33. The van der Waals surface area contributed by atoms with E-state index in [2.05, 4.69) is 4.57 Å². The zero-order chi connectivity index (χ0) is 25.2. The van der Waals surface area contributed by atoms with Gasteiger partial charge in [-0.3, -0.25) is 24.1 Å². The maximum Gasteiger partial charge on any atom is 0.308 e. The van der Waals surface area contributed by atoms with Gasteiger partial charge in [-0.15, -0.1) is 0 Å². The maximum absolute atomic E-state index is 13.4. The monoisotopic (exact) mass is 486 g/mol. The van der Waals surface area contributed by atoms with Crippen LogP contribution in [0.3, 0.4) is 0 Å². The van der Waals surface area contributed by atoms with Crippen LogP contribution in [0.1, 0.15) is 49.4 Å². The van der Waals surface area contributed by atoms with E-state index in [0.29, 0.717) is 12.1 Å². The van der Waals surface area contributed by atoms with Crippen LogP contribution in [0.4, 0.5) is 0 Å². The first kappa shape index (κ1) is 24.0. The summed E-state index contributed by atoms with van der Waals surface area (Å²) in [4.78, 5) is 52.4. The number of carbonyl (C=O) groups excluding carboxylic acids is 4. The number of rotatable bonds is 8. The van der Waals surface area contributed by atoms with Crippen molar-refractivity contribution in [1.29, 1.82) is 0 Å². The van der Waals surface area contributed by atoms with Crippen molar-refractivity contribution < 1.29 is 23.9 Å². The van der Waals surface area contributed by atoms with Crippen molar-refractivity contribution in [3.63, 3.8) is 0 Å². The van der Waals surface area contributed by atoms with Gasteiger partial charge in [-0.2, -0.15) is 0 Å². The number of benzene rings is 2. The van der Waals surface area contributed by atoms with Crippen molar-refractivity contribution in [1.82, 2.24) is 9.47 Å². The maximum atomic E-state index is 13.4. The number of esters is 1. The molecule has 7 nitrogen and oxygen atoms in total. The molecule has 2 aliphatic rings. The Balaban J connectivity index is 1.30. The number of likely N-dealkylation sites (tertiary alicyclic amines) is 1. The Morgan fingerprint density at radius 2 is 1.56 bits per heavy atom. The second-order valence-corrected chi connectivity index (χ2v) is 9.51. The second kappa shape index (κ2) is 10.1. The summed E-state index contributed by atoms with van der Waals surface area (Å²) in [5.74, 6) is -1.71. The van der Waals surface area contributed by atoms with Gasteiger partial charge in [0.15, 0.2) is 6.61 Å². The third-order valence-electron chi connectivity index (χ3n) is 7.45. The molecule has 0 N–H and O–H groups in total. The van der Waals surface area contributed by atoms with Crippen molar-refractivity contribution >= 4 is 34.5 Å². The molecule has 1 saturated carbocycles. The Bertz CT molecular complexity index is 1300. The van der Waals surface area contributed by atoms with E-state index in [1.54, 1.807) is 0 Å². The van der Waals surface area contributed by atoms with Crippen molar-refractivity contribution in [3.05, 3.63) is 60.2 Å². The quantitative estimate of drug-likeness (QED) is 0.264. The highest BCUT2D eigenvalue weighted by Gasteiger charge is 2.47.